The molecule has 0 aliphatic carbocycles. The monoisotopic (exact) mass is 733 g/mol. The number of nitrogens with one attached hydrogen (secondary N) is 2. The predicted molar refractivity (Wildman–Crippen MR) is 186 cm³/mol. The Morgan fingerprint density at radius 1 is 1.13 bits per heavy atom. The number of hydrogen-bond acceptors (Lipinski definition) is 8. The van der Waals surface area contributed by atoms with Gasteiger partial charge in [-0.25, -0.2) is 4.39 Å². The van der Waals surface area contributed by atoms with Gasteiger partial charge in [0.2, 0.25) is 3.68 Å². The van der Waals surface area contributed by atoms with Gasteiger partial charge in [-0.1, -0.05) is 31.9 Å². The third-order valence-electron chi connectivity index (χ3n) is 7.56. The van der Waals surface area contributed by atoms with Gasteiger partial charge in [0.1, 0.15) is 11.4 Å². The number of aliphatic imine (C=N–C) groups is 1. The maximum atomic E-state index is 14.3. The molecule has 10 nitrogen and oxygen atoms in total. The molecule has 0 radical (unpaired) electrons. The number of halogens is 2. The molecule has 45 heavy (non-hydrogen) atoms. The Morgan fingerprint density at radius 3 is 2.47 bits per heavy atom. The van der Waals surface area contributed by atoms with E-state index >= 15 is 0 Å². The molecule has 12 heteroatoms. The smallest absolute Gasteiger partial charge is 0.257 e. The lowest BCUT2D eigenvalue weighted by Crippen LogP contribution is -2.44. The Labute approximate surface area is 279 Å². The molecule has 2 aromatic rings. The number of nitrogens with two attached hydrogens (primary N) is 1. The van der Waals surface area contributed by atoms with Crippen molar-refractivity contribution in [2.75, 3.05) is 38.5 Å². The third-order valence-corrected chi connectivity index (χ3v) is 8.11. The summed E-state index contributed by atoms with van der Waals surface area (Å²) in [5.74, 6) is -0.391. The Morgan fingerprint density at radius 2 is 1.87 bits per heavy atom. The van der Waals surface area contributed by atoms with Crippen LogP contribution in [0.5, 0.6) is 5.75 Å². The fraction of sp³-hybridized carbons (Fsp3) is 0.485. The van der Waals surface area contributed by atoms with Gasteiger partial charge >= 0.3 is 0 Å². The largest absolute Gasteiger partial charge is 0.482 e. The van der Waals surface area contributed by atoms with E-state index in [1.807, 2.05) is 13.0 Å². The number of aromatic nitrogens is 2. The molecule has 0 spiro atoms. The average Bonchev–Trinajstić information content (AvgIpc) is 2.98. The first-order valence-corrected chi connectivity index (χ1v) is 16.3. The zero-order valence-corrected chi connectivity index (χ0v) is 29.4. The van der Waals surface area contributed by atoms with E-state index in [1.165, 1.54) is 25.6 Å². The number of anilines is 1. The number of rotatable bonds is 13. The van der Waals surface area contributed by atoms with Crippen molar-refractivity contribution < 1.29 is 18.7 Å². The van der Waals surface area contributed by atoms with Crippen molar-refractivity contribution in [3.63, 3.8) is 0 Å². The zero-order chi connectivity index (χ0) is 33.3. The van der Waals surface area contributed by atoms with Crippen LogP contribution in [-0.4, -0.2) is 72.0 Å². The van der Waals surface area contributed by atoms with Crippen LogP contribution < -0.4 is 21.1 Å². The third kappa shape index (κ3) is 10.1. The SMILES string of the molecule is CCC/C(=C/C=C(\N)[C@@H](CN1CCN=C(C)C1)Oc1cc(C)c(C(=O)Nc2nnc(C(C)(F)I)cc2C)cc1C(=O)NC)CC. The summed E-state index contributed by atoms with van der Waals surface area (Å²) < 4.78 is 19.2. The first kappa shape index (κ1) is 36.1. The summed E-state index contributed by atoms with van der Waals surface area (Å²) >= 11 is 1.64. The van der Waals surface area contributed by atoms with Crippen LogP contribution in [0.15, 0.2) is 46.6 Å². The molecule has 1 aromatic heterocycles. The molecule has 0 bridgehead atoms. The highest BCUT2D eigenvalue weighted by Gasteiger charge is 2.27. The molecule has 0 fully saturated rings. The van der Waals surface area contributed by atoms with Crippen LogP contribution in [0.2, 0.25) is 0 Å². The van der Waals surface area contributed by atoms with Crippen LogP contribution in [0, 0.1) is 13.8 Å². The maximum absolute atomic E-state index is 14.3. The summed E-state index contributed by atoms with van der Waals surface area (Å²) in [6, 6.07) is 4.73. The van der Waals surface area contributed by atoms with E-state index in [9.17, 15) is 14.0 Å². The van der Waals surface area contributed by atoms with Crippen molar-refractivity contribution in [2.45, 2.75) is 70.6 Å². The second kappa shape index (κ2) is 16.3. The molecule has 2 amide bonds. The number of carbonyl (C=O) groups excluding carboxylic acids is 2. The molecule has 244 valence electrons. The Hall–Kier alpha value is -3.39. The minimum absolute atomic E-state index is 0.153. The van der Waals surface area contributed by atoms with Gasteiger partial charge in [0.15, 0.2) is 11.9 Å². The number of ether oxygens (including phenoxy) is 1. The standard InChI is InChI=1S/C33H45FIN7O3/c1-8-10-23(9-2)11-12-26(36)28(19-42-14-13-38-22(5)18-42)45-27-15-20(3)24(17-25(27)31(43)37-7)32(44)39-30-21(4)16-29(40-41-30)33(6,34)35/h11-12,15-17,28H,8-10,13-14,18-19,36H2,1-7H3,(H,37,43)(H,39,41,44)/b23-11+,26-12-/t28-,33?/m1/s1. The van der Waals surface area contributed by atoms with Crippen LogP contribution in [0.3, 0.4) is 0 Å². The molecule has 1 unspecified atom stereocenters. The van der Waals surface area contributed by atoms with E-state index in [-0.39, 0.29) is 22.6 Å². The van der Waals surface area contributed by atoms with Crippen molar-refractivity contribution in [3.05, 3.63) is 69.6 Å². The number of hydrogen-bond donors (Lipinski definition) is 3. The van der Waals surface area contributed by atoms with Gasteiger partial charge in [0.25, 0.3) is 11.8 Å². The van der Waals surface area contributed by atoms with E-state index in [2.05, 4.69) is 50.6 Å². The number of alkyl halides is 2. The molecule has 4 N–H and O–H groups in total. The summed E-state index contributed by atoms with van der Waals surface area (Å²) in [5, 5.41) is 13.4. The van der Waals surface area contributed by atoms with Gasteiger partial charge < -0.3 is 21.1 Å². The lowest BCUT2D eigenvalue weighted by molar-refractivity contribution is 0.0954. The fourth-order valence-electron chi connectivity index (χ4n) is 4.94. The lowest BCUT2D eigenvalue weighted by atomic mass is 10.0. The quantitative estimate of drug-likeness (QED) is 0.135. The van der Waals surface area contributed by atoms with Crippen molar-refractivity contribution in [1.82, 2.24) is 20.4 Å². The molecule has 3 rings (SSSR count). The van der Waals surface area contributed by atoms with Gasteiger partial charge in [-0.3, -0.25) is 19.5 Å². The zero-order valence-electron chi connectivity index (χ0n) is 27.3. The van der Waals surface area contributed by atoms with Crippen LogP contribution in [-0.2, 0) is 3.68 Å². The molecular weight excluding hydrogens is 688 g/mol. The number of aryl methyl sites for hydroxylation is 2. The van der Waals surface area contributed by atoms with E-state index in [0.29, 0.717) is 42.2 Å². The van der Waals surface area contributed by atoms with Gasteiger partial charge in [-0.05, 0) is 98.5 Å². The van der Waals surface area contributed by atoms with Crippen molar-refractivity contribution >= 4 is 45.9 Å². The van der Waals surface area contributed by atoms with E-state index in [1.54, 1.807) is 48.6 Å². The topological polar surface area (TPSA) is 135 Å². The van der Waals surface area contributed by atoms with E-state index < -0.39 is 21.6 Å². The number of benzene rings is 1. The van der Waals surface area contributed by atoms with E-state index in [0.717, 1.165) is 31.5 Å². The van der Waals surface area contributed by atoms with Gasteiger partial charge in [0.05, 0.1) is 17.8 Å². The minimum Gasteiger partial charge on any atom is -0.482 e. The summed E-state index contributed by atoms with van der Waals surface area (Å²) in [6.07, 6.45) is 6.35. The minimum atomic E-state index is -1.70. The normalized spacial score (nSPS) is 16.4. The second-order valence-electron chi connectivity index (χ2n) is 11.4. The fourth-order valence-corrected chi connectivity index (χ4v) is 5.21. The highest BCUT2D eigenvalue weighted by Crippen LogP contribution is 2.32. The Bertz CT molecular complexity index is 1480. The molecular formula is C33H45FIN7O3. The van der Waals surface area contributed by atoms with Crippen molar-refractivity contribution in [1.29, 1.82) is 0 Å². The van der Waals surface area contributed by atoms with Gasteiger partial charge in [0, 0.05) is 38.0 Å². The van der Waals surface area contributed by atoms with Gasteiger partial charge in [-0.15, -0.1) is 10.2 Å². The highest BCUT2D eigenvalue weighted by molar-refractivity contribution is 14.1. The van der Waals surface area contributed by atoms with Crippen molar-refractivity contribution in [2.24, 2.45) is 10.7 Å². The molecule has 2 atom stereocenters. The number of amides is 2. The van der Waals surface area contributed by atoms with Crippen LogP contribution >= 0.6 is 22.6 Å². The molecule has 0 saturated heterocycles. The summed E-state index contributed by atoms with van der Waals surface area (Å²) in [6.45, 7) is 13.8. The van der Waals surface area contributed by atoms with Crippen LogP contribution in [0.25, 0.3) is 0 Å². The molecule has 1 aromatic carbocycles. The number of carbonyl (C=O) groups is 2. The summed E-state index contributed by atoms with van der Waals surface area (Å²) in [7, 11) is 1.52. The predicted octanol–water partition coefficient (Wildman–Crippen LogP) is 5.79. The van der Waals surface area contributed by atoms with Crippen LogP contribution in [0.4, 0.5) is 10.2 Å². The Balaban J connectivity index is 1.98. The first-order valence-electron chi connectivity index (χ1n) is 15.2. The van der Waals surface area contributed by atoms with Crippen molar-refractivity contribution in [3.8, 4) is 5.75 Å². The average molecular weight is 734 g/mol. The van der Waals surface area contributed by atoms with Gasteiger partial charge in [-0.2, -0.15) is 0 Å². The maximum Gasteiger partial charge on any atom is 0.257 e. The van der Waals surface area contributed by atoms with Crippen LogP contribution in [0.1, 0.15) is 84.5 Å². The molecule has 1 aliphatic rings. The van der Waals surface area contributed by atoms with E-state index in [4.69, 9.17) is 10.5 Å². The number of nitrogens with zero attached hydrogens (tertiary/aromatic N) is 4. The molecule has 2 heterocycles. The highest BCUT2D eigenvalue weighted by atomic mass is 127. The summed E-state index contributed by atoms with van der Waals surface area (Å²) in [4.78, 5) is 33.3. The molecule has 1 aliphatic heterocycles. The molecule has 0 saturated carbocycles. The summed E-state index contributed by atoms with van der Waals surface area (Å²) in [5.41, 5.74) is 11.3. The lowest BCUT2D eigenvalue weighted by Gasteiger charge is -2.30. The number of allylic oxidation sites excluding steroid dienone is 3. The second-order valence-corrected chi connectivity index (χ2v) is 13.4. The first-order chi connectivity index (χ1) is 21.3. The Kier molecular flexibility index (Phi) is 13.0.